The maximum Gasteiger partial charge on any atom is 0.417 e. The molecule has 0 aromatic carbocycles. The minimum absolute atomic E-state index is 0.0416. The van der Waals surface area contributed by atoms with Gasteiger partial charge in [-0.15, -0.1) is 11.3 Å². The van der Waals surface area contributed by atoms with Crippen molar-refractivity contribution in [3.05, 3.63) is 28.5 Å². The Balaban J connectivity index is 1.79. The molecule has 3 N–H and O–H groups in total. The number of anilines is 1. The molecule has 2 aromatic heterocycles. The van der Waals surface area contributed by atoms with E-state index in [1.54, 1.807) is 25.7 Å². The summed E-state index contributed by atoms with van der Waals surface area (Å²) in [5, 5.41) is 15.0. The van der Waals surface area contributed by atoms with Gasteiger partial charge in [-0.1, -0.05) is 0 Å². The Labute approximate surface area is 211 Å². The highest BCUT2D eigenvalue weighted by molar-refractivity contribution is 7.17. The van der Waals surface area contributed by atoms with Crippen LogP contribution in [0.5, 0.6) is 0 Å². The second-order valence-electron chi connectivity index (χ2n) is 10.5. The first kappa shape index (κ1) is 26.3. The van der Waals surface area contributed by atoms with Crippen LogP contribution in [0, 0.1) is 0 Å². The van der Waals surface area contributed by atoms with Gasteiger partial charge in [0.1, 0.15) is 11.5 Å². The van der Waals surface area contributed by atoms with E-state index in [0.717, 1.165) is 36.4 Å². The fourth-order valence-electron chi connectivity index (χ4n) is 4.39. The topological polar surface area (TPSA) is 107 Å². The van der Waals surface area contributed by atoms with E-state index < -0.39 is 35.2 Å². The minimum atomic E-state index is -4.73. The van der Waals surface area contributed by atoms with Crippen LogP contribution < -0.4 is 10.6 Å². The van der Waals surface area contributed by atoms with E-state index in [0.29, 0.717) is 19.4 Å². The number of amides is 2. The maximum absolute atomic E-state index is 14.2. The quantitative estimate of drug-likeness (QED) is 0.537. The smallest absolute Gasteiger partial charge is 0.393 e. The first-order chi connectivity index (χ1) is 16.7. The van der Waals surface area contributed by atoms with Crippen LogP contribution in [0.15, 0.2) is 12.3 Å². The molecule has 0 bridgehead atoms. The third-order valence-electron chi connectivity index (χ3n) is 6.24. The van der Waals surface area contributed by atoms with Crippen molar-refractivity contribution < 1.29 is 27.9 Å². The number of hydrogen-bond donors (Lipinski definition) is 3. The Bertz CT molecular complexity index is 1150. The van der Waals surface area contributed by atoms with Gasteiger partial charge in [0.2, 0.25) is 0 Å². The molecule has 2 aliphatic rings. The highest BCUT2D eigenvalue weighted by Gasteiger charge is 2.39. The predicted octanol–water partition coefficient (Wildman–Crippen LogP) is 4.31. The Kier molecular flexibility index (Phi) is 7.04. The number of nitrogens with one attached hydrogen (secondary N) is 2. The van der Waals surface area contributed by atoms with Gasteiger partial charge in [-0.3, -0.25) is 9.59 Å². The molecule has 1 saturated carbocycles. The summed E-state index contributed by atoms with van der Waals surface area (Å²) in [4.78, 5) is 36.2. The zero-order chi connectivity index (χ0) is 26.4. The SMILES string of the molecule is C[C@H]1CCCN1C(=O)c1nc(C(=O)NC2CC(O)C2)sc1-c1cnc(NC(C)(C)C)cc1C(F)(F)F. The summed E-state index contributed by atoms with van der Waals surface area (Å²) in [6, 6.07) is 0.592. The van der Waals surface area contributed by atoms with Gasteiger partial charge in [0.05, 0.1) is 16.5 Å². The summed E-state index contributed by atoms with van der Waals surface area (Å²) < 4.78 is 42.6. The molecule has 196 valence electrons. The van der Waals surface area contributed by atoms with E-state index in [9.17, 15) is 27.9 Å². The summed E-state index contributed by atoms with van der Waals surface area (Å²) in [6.07, 6.45) is -1.79. The van der Waals surface area contributed by atoms with Crippen LogP contribution in [0.2, 0.25) is 0 Å². The van der Waals surface area contributed by atoms with E-state index in [4.69, 9.17) is 0 Å². The molecule has 0 unspecified atom stereocenters. The fourth-order valence-corrected chi connectivity index (χ4v) is 5.38. The number of aliphatic hydroxyl groups is 1. The molecule has 2 amide bonds. The molecule has 4 rings (SSSR count). The van der Waals surface area contributed by atoms with E-state index in [-0.39, 0.29) is 39.0 Å². The van der Waals surface area contributed by atoms with Crippen LogP contribution in [0.3, 0.4) is 0 Å². The molecule has 1 aliphatic carbocycles. The van der Waals surface area contributed by atoms with Crippen molar-refractivity contribution in [2.45, 2.75) is 83.3 Å². The number of nitrogens with zero attached hydrogens (tertiary/aromatic N) is 3. The first-order valence-electron chi connectivity index (χ1n) is 11.9. The number of aliphatic hydroxyl groups excluding tert-OH is 1. The monoisotopic (exact) mass is 525 g/mol. The van der Waals surface area contributed by atoms with Crippen LogP contribution in [-0.4, -0.2) is 62.1 Å². The highest BCUT2D eigenvalue weighted by Crippen LogP contribution is 2.42. The van der Waals surface area contributed by atoms with E-state index >= 15 is 0 Å². The summed E-state index contributed by atoms with van der Waals surface area (Å²) in [7, 11) is 0. The summed E-state index contributed by atoms with van der Waals surface area (Å²) in [5.41, 5.74) is -1.97. The number of halogens is 3. The average Bonchev–Trinajstić information content (AvgIpc) is 3.37. The van der Waals surface area contributed by atoms with Crippen LogP contribution >= 0.6 is 11.3 Å². The van der Waals surface area contributed by atoms with Gasteiger partial charge < -0.3 is 20.6 Å². The lowest BCUT2D eigenvalue weighted by Gasteiger charge is -2.31. The van der Waals surface area contributed by atoms with Crippen molar-refractivity contribution >= 4 is 29.0 Å². The van der Waals surface area contributed by atoms with Gasteiger partial charge in [0.25, 0.3) is 11.8 Å². The number of carbonyl (C=O) groups is 2. The largest absolute Gasteiger partial charge is 0.417 e. The lowest BCUT2D eigenvalue weighted by atomic mass is 9.89. The van der Waals surface area contributed by atoms with Crippen LogP contribution in [0.1, 0.15) is 79.2 Å². The first-order valence-corrected chi connectivity index (χ1v) is 12.7. The number of thiazole rings is 1. The molecule has 0 radical (unpaired) electrons. The second kappa shape index (κ2) is 9.62. The number of alkyl halides is 3. The van der Waals surface area contributed by atoms with Gasteiger partial charge in [-0.25, -0.2) is 9.97 Å². The Morgan fingerprint density at radius 2 is 1.92 bits per heavy atom. The van der Waals surface area contributed by atoms with Crippen molar-refractivity contribution in [2.24, 2.45) is 0 Å². The van der Waals surface area contributed by atoms with Crippen LogP contribution in [0.25, 0.3) is 10.4 Å². The second-order valence-corrected chi connectivity index (χ2v) is 11.5. The Morgan fingerprint density at radius 1 is 1.22 bits per heavy atom. The number of hydrogen-bond acceptors (Lipinski definition) is 7. The van der Waals surface area contributed by atoms with Crippen molar-refractivity contribution in [1.29, 1.82) is 0 Å². The number of carbonyl (C=O) groups excluding carboxylic acids is 2. The van der Waals surface area contributed by atoms with Crippen LogP contribution in [-0.2, 0) is 6.18 Å². The molecule has 1 aliphatic heterocycles. The molecular weight excluding hydrogens is 495 g/mol. The van der Waals surface area contributed by atoms with Crippen molar-refractivity contribution in [2.75, 3.05) is 11.9 Å². The van der Waals surface area contributed by atoms with Gasteiger partial charge in [0.15, 0.2) is 5.01 Å². The lowest BCUT2D eigenvalue weighted by molar-refractivity contribution is -0.137. The zero-order valence-electron chi connectivity index (χ0n) is 20.6. The third kappa shape index (κ3) is 5.64. The lowest BCUT2D eigenvalue weighted by Crippen LogP contribution is -2.46. The minimum Gasteiger partial charge on any atom is -0.393 e. The number of aromatic nitrogens is 2. The standard InChI is InChI=1S/C24H30F3N5O3S/c1-12-6-5-7-32(12)22(35)18-19(36-21(30-18)20(34)29-13-8-14(33)9-13)15-11-28-17(31-23(2,3)4)10-16(15)24(25,26)27/h10-14,33H,5-9H2,1-4H3,(H,28,31)(H,29,34)/t12-,13?,14?/m0/s1. The van der Waals surface area contributed by atoms with Gasteiger partial charge in [-0.05, 0) is 59.4 Å². The van der Waals surface area contributed by atoms with E-state index in [1.165, 1.54) is 0 Å². The third-order valence-corrected chi connectivity index (χ3v) is 7.33. The summed E-state index contributed by atoms with van der Waals surface area (Å²) in [5.74, 6) is -1.04. The maximum atomic E-state index is 14.2. The average molecular weight is 526 g/mol. The zero-order valence-corrected chi connectivity index (χ0v) is 21.4. The molecule has 3 heterocycles. The van der Waals surface area contributed by atoms with Crippen molar-refractivity contribution in [3.8, 4) is 10.4 Å². The predicted molar refractivity (Wildman–Crippen MR) is 130 cm³/mol. The molecule has 2 fully saturated rings. The highest BCUT2D eigenvalue weighted by atomic mass is 32.1. The molecule has 2 aromatic rings. The molecule has 36 heavy (non-hydrogen) atoms. The molecule has 12 heteroatoms. The Hall–Kier alpha value is -2.73. The number of rotatable bonds is 5. The summed E-state index contributed by atoms with van der Waals surface area (Å²) >= 11 is 0.742. The normalized spacial score (nSPS) is 22.3. The van der Waals surface area contributed by atoms with E-state index in [2.05, 4.69) is 20.6 Å². The number of likely N-dealkylation sites (tertiary alicyclic amines) is 1. The van der Waals surface area contributed by atoms with Gasteiger partial charge in [0, 0.05) is 35.9 Å². The van der Waals surface area contributed by atoms with Gasteiger partial charge in [-0.2, -0.15) is 13.2 Å². The Morgan fingerprint density at radius 3 is 2.47 bits per heavy atom. The molecule has 1 atom stereocenters. The molecule has 8 nitrogen and oxygen atoms in total. The summed E-state index contributed by atoms with van der Waals surface area (Å²) in [6.45, 7) is 7.76. The van der Waals surface area contributed by atoms with Crippen LogP contribution in [0.4, 0.5) is 19.0 Å². The molecule has 1 saturated heterocycles. The molecular formula is C24H30F3N5O3S. The van der Waals surface area contributed by atoms with Crippen molar-refractivity contribution in [3.63, 3.8) is 0 Å². The van der Waals surface area contributed by atoms with E-state index in [1.807, 2.05) is 6.92 Å². The number of pyridine rings is 1. The van der Waals surface area contributed by atoms with Gasteiger partial charge >= 0.3 is 6.18 Å². The molecule has 0 spiro atoms. The fraction of sp³-hybridized carbons (Fsp3) is 0.583. The van der Waals surface area contributed by atoms with Crippen molar-refractivity contribution in [1.82, 2.24) is 20.2 Å².